The van der Waals surface area contributed by atoms with Crippen molar-refractivity contribution in [1.82, 2.24) is 0 Å². The molecule has 2 aromatic carbocycles. The van der Waals surface area contributed by atoms with Gasteiger partial charge in [0.05, 0.1) is 12.7 Å². The van der Waals surface area contributed by atoms with Crippen LogP contribution in [0.15, 0.2) is 60.7 Å². The van der Waals surface area contributed by atoms with E-state index in [1.165, 1.54) is 10.4 Å². The van der Waals surface area contributed by atoms with Gasteiger partial charge in [-0.2, -0.15) is 0 Å². The first-order valence-corrected chi connectivity index (χ1v) is 13.7. The van der Waals surface area contributed by atoms with E-state index >= 15 is 0 Å². The molecule has 0 spiro atoms. The topological polar surface area (TPSA) is 47.9 Å². The van der Waals surface area contributed by atoms with Gasteiger partial charge in [0, 0.05) is 6.61 Å². The van der Waals surface area contributed by atoms with Crippen LogP contribution in [-0.2, 0) is 13.9 Å². The van der Waals surface area contributed by atoms with Crippen molar-refractivity contribution >= 4 is 18.7 Å². The van der Waals surface area contributed by atoms with Gasteiger partial charge in [-0.15, -0.1) is 0 Å². The van der Waals surface area contributed by atoms with Crippen LogP contribution in [0, 0.1) is 5.92 Å². The highest BCUT2D eigenvalue weighted by atomic mass is 28.4. The van der Waals surface area contributed by atoms with Crippen molar-refractivity contribution < 1.29 is 19.0 Å². The quantitative estimate of drug-likeness (QED) is 0.565. The average Bonchev–Trinajstić information content (AvgIpc) is 3.11. The van der Waals surface area contributed by atoms with E-state index in [1.54, 1.807) is 0 Å². The fraction of sp³-hybridized carbons (Fsp3) is 0.556. The van der Waals surface area contributed by atoms with Gasteiger partial charge in [0.25, 0.3) is 8.32 Å². The van der Waals surface area contributed by atoms with Gasteiger partial charge < -0.3 is 19.0 Å². The Morgan fingerprint density at radius 2 is 1.56 bits per heavy atom. The maximum atomic E-state index is 10.7. The lowest BCUT2D eigenvalue weighted by atomic mass is 9.98. The van der Waals surface area contributed by atoms with Gasteiger partial charge in [-0.05, 0) is 48.0 Å². The molecule has 176 valence electrons. The van der Waals surface area contributed by atoms with Crippen LogP contribution in [0.5, 0.6) is 0 Å². The van der Waals surface area contributed by atoms with Crippen molar-refractivity contribution in [1.29, 1.82) is 0 Å². The third kappa shape index (κ3) is 5.70. The molecule has 0 aromatic heterocycles. The largest absolute Gasteiger partial charge is 0.407 e. The third-order valence-corrected chi connectivity index (χ3v) is 11.5. The Hall–Kier alpha value is -1.50. The Labute approximate surface area is 195 Å². The van der Waals surface area contributed by atoms with Crippen molar-refractivity contribution in [2.24, 2.45) is 5.92 Å². The molecule has 0 saturated carbocycles. The van der Waals surface area contributed by atoms with Crippen LogP contribution in [0.4, 0.5) is 0 Å². The lowest BCUT2D eigenvalue weighted by Gasteiger charge is -2.43. The fourth-order valence-corrected chi connectivity index (χ4v) is 9.34. The molecule has 1 N–H and O–H groups in total. The second-order valence-corrected chi connectivity index (χ2v) is 14.9. The lowest BCUT2D eigenvalue weighted by molar-refractivity contribution is -0.152. The number of aliphatic hydroxyl groups is 1. The zero-order valence-electron chi connectivity index (χ0n) is 20.5. The highest BCUT2D eigenvalue weighted by molar-refractivity contribution is 6.99. The number of rotatable bonds is 9. The Balaban J connectivity index is 1.72. The number of benzene rings is 2. The van der Waals surface area contributed by atoms with Crippen molar-refractivity contribution in [2.75, 3.05) is 13.2 Å². The summed E-state index contributed by atoms with van der Waals surface area (Å²) in [5.41, 5.74) is 0. The number of hydrogen-bond donors (Lipinski definition) is 1. The minimum absolute atomic E-state index is 0.0287. The number of hydrogen-bond acceptors (Lipinski definition) is 4. The summed E-state index contributed by atoms with van der Waals surface area (Å²) in [4.78, 5) is 0. The predicted molar refractivity (Wildman–Crippen MR) is 133 cm³/mol. The van der Waals surface area contributed by atoms with E-state index in [0.717, 1.165) is 6.42 Å². The normalized spacial score (nSPS) is 20.8. The van der Waals surface area contributed by atoms with Crippen molar-refractivity contribution in [2.45, 2.75) is 77.4 Å². The Bertz CT molecular complexity index is 792. The van der Waals surface area contributed by atoms with Crippen molar-refractivity contribution in [3.8, 4) is 0 Å². The molecule has 1 saturated heterocycles. The molecule has 2 aromatic rings. The maximum Gasteiger partial charge on any atom is 0.261 e. The molecule has 0 amide bonds. The zero-order chi connectivity index (χ0) is 23.4. The third-order valence-electron chi connectivity index (χ3n) is 6.45. The summed E-state index contributed by atoms with van der Waals surface area (Å²) in [6.07, 6.45) is 0.775. The van der Waals surface area contributed by atoms with E-state index in [-0.39, 0.29) is 11.1 Å². The Kier molecular flexibility index (Phi) is 8.00. The summed E-state index contributed by atoms with van der Waals surface area (Å²) in [7, 11) is -2.51. The summed E-state index contributed by atoms with van der Waals surface area (Å²) in [5.74, 6) is -0.295. The van der Waals surface area contributed by atoms with Crippen LogP contribution in [0.2, 0.25) is 5.04 Å². The first kappa shape index (κ1) is 25.1. The van der Waals surface area contributed by atoms with Gasteiger partial charge >= 0.3 is 0 Å². The van der Waals surface area contributed by atoms with Crippen LogP contribution < -0.4 is 10.4 Å². The molecule has 0 unspecified atom stereocenters. The van der Waals surface area contributed by atoms with Crippen LogP contribution in [0.25, 0.3) is 0 Å². The number of aliphatic hydroxyl groups excluding tert-OH is 1. The van der Waals surface area contributed by atoms with Gasteiger partial charge in [-0.3, -0.25) is 0 Å². The second-order valence-electron chi connectivity index (χ2n) is 10.6. The SMILES string of the molecule is C[C@@H](CCO[Si](c1ccccc1)(c1ccccc1)C(C)(C)C)C[C@H](O)[C@H]1COC(C)(C)O1. The van der Waals surface area contributed by atoms with E-state index in [9.17, 15) is 5.11 Å². The summed E-state index contributed by atoms with van der Waals surface area (Å²) >= 11 is 0. The fourth-order valence-electron chi connectivity index (χ4n) is 4.76. The Morgan fingerprint density at radius 1 is 1.03 bits per heavy atom. The highest BCUT2D eigenvalue weighted by Gasteiger charge is 2.50. The molecule has 0 aliphatic carbocycles. The van der Waals surface area contributed by atoms with E-state index in [0.29, 0.717) is 25.6 Å². The lowest BCUT2D eigenvalue weighted by Crippen LogP contribution is -2.66. The van der Waals surface area contributed by atoms with Gasteiger partial charge in [0.2, 0.25) is 0 Å². The molecule has 32 heavy (non-hydrogen) atoms. The van der Waals surface area contributed by atoms with E-state index in [1.807, 2.05) is 13.8 Å². The standard InChI is InChI=1S/C27H40O4Si/c1-21(19-24(28)25-20-29-27(5,6)31-25)17-18-30-32(26(2,3)4,22-13-9-7-10-14-22)23-15-11-8-12-16-23/h7-16,21,24-25,28H,17-20H2,1-6H3/t21-,24-,25+/m0/s1. The first-order chi connectivity index (χ1) is 15.1. The molecule has 0 radical (unpaired) electrons. The molecule has 3 atom stereocenters. The van der Waals surface area contributed by atoms with Crippen LogP contribution >= 0.6 is 0 Å². The molecule has 1 aliphatic rings. The molecule has 0 bridgehead atoms. The molecule has 3 rings (SSSR count). The van der Waals surface area contributed by atoms with Crippen molar-refractivity contribution in [3.63, 3.8) is 0 Å². The van der Waals surface area contributed by atoms with Gasteiger partial charge in [-0.25, -0.2) is 0 Å². The van der Waals surface area contributed by atoms with Crippen LogP contribution in [-0.4, -0.2) is 44.6 Å². The first-order valence-electron chi connectivity index (χ1n) is 11.8. The maximum absolute atomic E-state index is 10.7. The van der Waals surface area contributed by atoms with E-state index in [2.05, 4.69) is 88.4 Å². The van der Waals surface area contributed by atoms with Crippen LogP contribution in [0.1, 0.15) is 54.4 Å². The molecule has 4 nitrogen and oxygen atoms in total. The summed E-state index contributed by atoms with van der Waals surface area (Å²) in [6, 6.07) is 21.4. The molecule has 1 aliphatic heterocycles. The average molecular weight is 457 g/mol. The van der Waals surface area contributed by atoms with Gasteiger partial charge in [-0.1, -0.05) is 88.4 Å². The summed E-state index contributed by atoms with van der Waals surface area (Å²) in [6.45, 7) is 14.0. The van der Waals surface area contributed by atoms with Crippen molar-refractivity contribution in [3.05, 3.63) is 60.7 Å². The Morgan fingerprint density at radius 3 is 2.00 bits per heavy atom. The summed E-state index contributed by atoms with van der Waals surface area (Å²) < 4.78 is 18.4. The monoisotopic (exact) mass is 456 g/mol. The van der Waals surface area contributed by atoms with Gasteiger partial charge in [0.1, 0.15) is 6.10 Å². The molecular formula is C27H40O4Si. The summed E-state index contributed by atoms with van der Waals surface area (Å²) in [5, 5.41) is 13.2. The highest BCUT2D eigenvalue weighted by Crippen LogP contribution is 2.37. The van der Waals surface area contributed by atoms with Crippen LogP contribution in [0.3, 0.4) is 0 Å². The molecule has 1 fully saturated rings. The number of ether oxygens (including phenoxy) is 2. The zero-order valence-corrected chi connectivity index (χ0v) is 21.5. The second kappa shape index (κ2) is 10.2. The van der Waals surface area contributed by atoms with E-state index < -0.39 is 20.2 Å². The predicted octanol–water partition coefficient (Wildman–Crippen LogP) is 4.49. The molecular weight excluding hydrogens is 416 g/mol. The van der Waals surface area contributed by atoms with Gasteiger partial charge in [0.15, 0.2) is 5.79 Å². The minimum atomic E-state index is -2.51. The van der Waals surface area contributed by atoms with E-state index in [4.69, 9.17) is 13.9 Å². The molecule has 1 heterocycles. The minimum Gasteiger partial charge on any atom is -0.407 e. The molecule has 5 heteroatoms. The smallest absolute Gasteiger partial charge is 0.261 e.